The van der Waals surface area contributed by atoms with Crippen LogP contribution in [0.25, 0.3) is 0 Å². The molecular formula is C26H33N3O. The van der Waals surface area contributed by atoms with Crippen LogP contribution in [0.2, 0.25) is 0 Å². The van der Waals surface area contributed by atoms with Crippen molar-refractivity contribution in [1.82, 2.24) is 4.90 Å². The first-order chi connectivity index (χ1) is 14.7. The standard InChI is InChI=1S/C26H33N3O/c1-28-17-22-15-16-29(25(22)18-28)24-13-11-23(12-14-24)27-26(30)21-9-7-20(8-10-21)19-5-3-2-4-6-19/h7-14,19,22,25H,2-6,15-18H2,1H3,(H,27,30)/t22-,25+/m0/s1. The Hall–Kier alpha value is -2.33. The van der Waals surface area contributed by atoms with Gasteiger partial charge in [0, 0.05) is 42.6 Å². The summed E-state index contributed by atoms with van der Waals surface area (Å²) in [4.78, 5) is 17.7. The monoisotopic (exact) mass is 403 g/mol. The van der Waals surface area contributed by atoms with Gasteiger partial charge < -0.3 is 15.1 Å². The molecule has 2 heterocycles. The minimum absolute atomic E-state index is 0.0309. The zero-order valence-electron chi connectivity index (χ0n) is 18.0. The molecule has 0 bridgehead atoms. The van der Waals surface area contributed by atoms with Crippen molar-refractivity contribution in [3.05, 3.63) is 59.7 Å². The first kappa shape index (κ1) is 19.6. The third-order valence-electron chi connectivity index (χ3n) is 7.44. The second kappa shape index (κ2) is 8.43. The molecule has 1 N–H and O–H groups in total. The molecule has 2 aromatic rings. The Bertz CT molecular complexity index is 870. The van der Waals surface area contributed by atoms with Crippen LogP contribution in [-0.4, -0.2) is 43.5 Å². The van der Waals surface area contributed by atoms with E-state index in [2.05, 4.69) is 46.4 Å². The van der Waals surface area contributed by atoms with Crippen LogP contribution in [0, 0.1) is 5.92 Å². The van der Waals surface area contributed by atoms with Gasteiger partial charge in [0.25, 0.3) is 5.91 Å². The molecule has 4 nitrogen and oxygen atoms in total. The fourth-order valence-corrected chi connectivity index (χ4v) is 5.78. The Morgan fingerprint density at radius 2 is 1.63 bits per heavy atom. The van der Waals surface area contributed by atoms with E-state index in [1.165, 1.54) is 56.3 Å². The van der Waals surface area contributed by atoms with Gasteiger partial charge in [-0.1, -0.05) is 31.4 Å². The van der Waals surface area contributed by atoms with Crippen molar-refractivity contribution >= 4 is 17.3 Å². The summed E-state index contributed by atoms with van der Waals surface area (Å²) in [6, 6.07) is 17.3. The molecule has 1 saturated carbocycles. The highest BCUT2D eigenvalue weighted by atomic mass is 16.1. The highest BCUT2D eigenvalue weighted by molar-refractivity contribution is 6.04. The van der Waals surface area contributed by atoms with Gasteiger partial charge in [-0.05, 0) is 80.1 Å². The molecule has 158 valence electrons. The minimum atomic E-state index is -0.0309. The van der Waals surface area contributed by atoms with E-state index in [4.69, 9.17) is 0 Å². The molecule has 2 saturated heterocycles. The average Bonchev–Trinajstić information content (AvgIpc) is 3.34. The molecule has 5 rings (SSSR count). The van der Waals surface area contributed by atoms with Crippen LogP contribution in [0.5, 0.6) is 0 Å². The molecule has 30 heavy (non-hydrogen) atoms. The number of nitrogens with one attached hydrogen (secondary N) is 1. The first-order valence-electron chi connectivity index (χ1n) is 11.6. The normalized spacial score (nSPS) is 24.8. The molecule has 4 heteroatoms. The number of benzene rings is 2. The van der Waals surface area contributed by atoms with Gasteiger partial charge in [0.05, 0.1) is 0 Å². The number of carbonyl (C=O) groups is 1. The maximum absolute atomic E-state index is 12.7. The van der Waals surface area contributed by atoms with E-state index in [9.17, 15) is 4.79 Å². The van der Waals surface area contributed by atoms with Gasteiger partial charge >= 0.3 is 0 Å². The predicted molar refractivity (Wildman–Crippen MR) is 123 cm³/mol. The van der Waals surface area contributed by atoms with Gasteiger partial charge in [-0.25, -0.2) is 0 Å². The Morgan fingerprint density at radius 1 is 0.900 bits per heavy atom. The predicted octanol–water partition coefficient (Wildman–Crippen LogP) is 5.13. The van der Waals surface area contributed by atoms with E-state index in [0.717, 1.165) is 30.3 Å². The lowest BCUT2D eigenvalue weighted by atomic mass is 9.84. The number of hydrogen-bond acceptors (Lipinski definition) is 3. The van der Waals surface area contributed by atoms with Gasteiger partial charge in [0.2, 0.25) is 0 Å². The van der Waals surface area contributed by atoms with Crippen LogP contribution in [-0.2, 0) is 0 Å². The van der Waals surface area contributed by atoms with Crippen LogP contribution in [0.3, 0.4) is 0 Å². The number of rotatable bonds is 4. The molecule has 2 aromatic carbocycles. The van der Waals surface area contributed by atoms with Crippen molar-refractivity contribution in [3.63, 3.8) is 0 Å². The zero-order valence-corrected chi connectivity index (χ0v) is 18.0. The van der Waals surface area contributed by atoms with Crippen LogP contribution in [0.1, 0.15) is 60.4 Å². The van der Waals surface area contributed by atoms with E-state index >= 15 is 0 Å². The number of amides is 1. The molecule has 0 radical (unpaired) electrons. The molecular weight excluding hydrogens is 370 g/mol. The smallest absolute Gasteiger partial charge is 0.255 e. The fourth-order valence-electron chi connectivity index (χ4n) is 5.78. The molecule has 3 fully saturated rings. The van der Waals surface area contributed by atoms with Crippen molar-refractivity contribution in [2.24, 2.45) is 5.92 Å². The van der Waals surface area contributed by atoms with E-state index in [0.29, 0.717) is 12.0 Å². The Morgan fingerprint density at radius 3 is 2.37 bits per heavy atom. The quantitative estimate of drug-likeness (QED) is 0.769. The third kappa shape index (κ3) is 3.98. The second-order valence-electron chi connectivity index (χ2n) is 9.49. The van der Waals surface area contributed by atoms with Gasteiger partial charge in [-0.15, -0.1) is 0 Å². The Labute approximate surface area is 180 Å². The molecule has 1 aliphatic carbocycles. The van der Waals surface area contributed by atoms with E-state index < -0.39 is 0 Å². The third-order valence-corrected chi connectivity index (χ3v) is 7.44. The fraction of sp³-hybridized carbons (Fsp3) is 0.500. The highest BCUT2D eigenvalue weighted by Gasteiger charge is 2.39. The lowest BCUT2D eigenvalue weighted by molar-refractivity contribution is 0.102. The average molecular weight is 404 g/mol. The second-order valence-corrected chi connectivity index (χ2v) is 9.49. The lowest BCUT2D eigenvalue weighted by Gasteiger charge is -2.26. The lowest BCUT2D eigenvalue weighted by Crippen LogP contribution is -2.34. The van der Waals surface area contributed by atoms with Crippen molar-refractivity contribution in [2.75, 3.05) is 36.9 Å². The summed E-state index contributed by atoms with van der Waals surface area (Å²) in [5.41, 5.74) is 4.25. The summed E-state index contributed by atoms with van der Waals surface area (Å²) in [7, 11) is 2.22. The summed E-state index contributed by atoms with van der Waals surface area (Å²) in [5.74, 6) is 1.44. The van der Waals surface area contributed by atoms with Gasteiger partial charge in [-0.3, -0.25) is 4.79 Å². The number of hydrogen-bond donors (Lipinski definition) is 1. The number of fused-ring (bicyclic) bond motifs is 1. The maximum Gasteiger partial charge on any atom is 0.255 e. The van der Waals surface area contributed by atoms with E-state index in [1.54, 1.807) is 0 Å². The van der Waals surface area contributed by atoms with Crippen molar-refractivity contribution in [3.8, 4) is 0 Å². The molecule has 0 unspecified atom stereocenters. The van der Waals surface area contributed by atoms with Crippen LogP contribution >= 0.6 is 0 Å². The topological polar surface area (TPSA) is 35.6 Å². The van der Waals surface area contributed by atoms with E-state index in [1.807, 2.05) is 24.3 Å². The van der Waals surface area contributed by atoms with Gasteiger partial charge in [0.15, 0.2) is 0 Å². The van der Waals surface area contributed by atoms with Crippen molar-refractivity contribution in [1.29, 1.82) is 0 Å². The number of nitrogens with zero attached hydrogens (tertiary/aromatic N) is 2. The molecule has 0 aromatic heterocycles. The number of carbonyl (C=O) groups excluding carboxylic acids is 1. The van der Waals surface area contributed by atoms with E-state index in [-0.39, 0.29) is 5.91 Å². The summed E-state index contributed by atoms with van der Waals surface area (Å²) in [6.07, 6.45) is 7.88. The summed E-state index contributed by atoms with van der Waals surface area (Å²) >= 11 is 0. The summed E-state index contributed by atoms with van der Waals surface area (Å²) in [5, 5.41) is 3.06. The van der Waals surface area contributed by atoms with Crippen LogP contribution < -0.4 is 10.2 Å². The highest BCUT2D eigenvalue weighted by Crippen LogP contribution is 2.35. The molecule has 3 aliphatic rings. The molecule has 1 amide bonds. The number of anilines is 2. The summed E-state index contributed by atoms with van der Waals surface area (Å²) < 4.78 is 0. The van der Waals surface area contributed by atoms with Crippen LogP contribution in [0.4, 0.5) is 11.4 Å². The molecule has 0 spiro atoms. The Balaban J connectivity index is 1.21. The number of likely N-dealkylation sites (N-methyl/N-ethyl adjacent to an activating group) is 1. The minimum Gasteiger partial charge on any atom is -0.367 e. The Kier molecular flexibility index (Phi) is 5.51. The van der Waals surface area contributed by atoms with Crippen molar-refractivity contribution < 1.29 is 4.79 Å². The van der Waals surface area contributed by atoms with Crippen LogP contribution in [0.15, 0.2) is 48.5 Å². The largest absolute Gasteiger partial charge is 0.367 e. The first-order valence-corrected chi connectivity index (χ1v) is 11.6. The van der Waals surface area contributed by atoms with Crippen molar-refractivity contribution in [2.45, 2.75) is 50.5 Å². The molecule has 2 aliphatic heterocycles. The maximum atomic E-state index is 12.7. The summed E-state index contributed by atoms with van der Waals surface area (Å²) in [6.45, 7) is 3.51. The SMILES string of the molecule is CN1C[C@@H]2CCN(c3ccc(NC(=O)c4ccc(C5CCCCC5)cc4)cc3)[C@@H]2C1. The molecule has 2 atom stereocenters. The van der Waals surface area contributed by atoms with Gasteiger partial charge in [0.1, 0.15) is 0 Å². The van der Waals surface area contributed by atoms with Gasteiger partial charge in [-0.2, -0.15) is 0 Å². The zero-order chi connectivity index (χ0) is 20.5. The number of likely N-dealkylation sites (tertiary alicyclic amines) is 1.